The minimum Gasteiger partial charge on any atom is -0.459 e. The van der Waals surface area contributed by atoms with E-state index in [-0.39, 0.29) is 11.7 Å². The monoisotopic (exact) mass is 336 g/mol. The van der Waals surface area contributed by atoms with Gasteiger partial charge in [-0.15, -0.1) is 0 Å². The number of rotatable bonds is 7. The summed E-state index contributed by atoms with van der Waals surface area (Å²) in [7, 11) is -1.68. The van der Waals surface area contributed by atoms with Crippen molar-refractivity contribution in [2.75, 3.05) is 26.4 Å². The summed E-state index contributed by atoms with van der Waals surface area (Å²) in [6.07, 6.45) is 3.16. The summed E-state index contributed by atoms with van der Waals surface area (Å²) in [5, 5.41) is 2.75. The first-order chi connectivity index (χ1) is 10.9. The minimum absolute atomic E-state index is 0.257. The molecule has 6 nitrogen and oxygen atoms in total. The molecule has 2 aromatic rings. The Bertz CT molecular complexity index is 753. The maximum atomic E-state index is 12.2. The number of furan rings is 1. The van der Waals surface area contributed by atoms with Gasteiger partial charge < -0.3 is 9.73 Å². The molecule has 0 unspecified atom stereocenters. The molecule has 0 bridgehead atoms. The topological polar surface area (TPSA) is 79.6 Å². The third kappa shape index (κ3) is 4.67. The number of carbonyl (C=O) groups excluding carboxylic acids is 1. The van der Waals surface area contributed by atoms with Gasteiger partial charge in [0.15, 0.2) is 5.76 Å². The van der Waals surface area contributed by atoms with Gasteiger partial charge in [-0.1, -0.05) is 30.3 Å². The Hall–Kier alpha value is -2.12. The van der Waals surface area contributed by atoms with Crippen molar-refractivity contribution in [1.29, 1.82) is 0 Å². The SMILES string of the molecule is CN(CCCNC(=O)c1occc1-c1ccccc1)S(C)(=O)=O. The molecule has 1 aromatic heterocycles. The number of amides is 1. The number of hydrogen-bond donors (Lipinski definition) is 1. The molecule has 0 saturated heterocycles. The summed E-state index contributed by atoms with van der Waals surface area (Å²) in [4.78, 5) is 12.2. The van der Waals surface area contributed by atoms with Crippen LogP contribution >= 0.6 is 0 Å². The van der Waals surface area contributed by atoms with Gasteiger partial charge in [-0.3, -0.25) is 4.79 Å². The van der Waals surface area contributed by atoms with Crippen LogP contribution in [0.1, 0.15) is 17.0 Å². The van der Waals surface area contributed by atoms with Gasteiger partial charge in [-0.2, -0.15) is 0 Å². The van der Waals surface area contributed by atoms with Gasteiger partial charge in [0.1, 0.15) is 0 Å². The summed E-state index contributed by atoms with van der Waals surface area (Å²) in [5.74, 6) is -0.0523. The van der Waals surface area contributed by atoms with Gasteiger partial charge in [0.05, 0.1) is 12.5 Å². The molecule has 1 aromatic carbocycles. The smallest absolute Gasteiger partial charge is 0.287 e. The molecule has 23 heavy (non-hydrogen) atoms. The summed E-state index contributed by atoms with van der Waals surface area (Å²) < 4.78 is 29.1. The van der Waals surface area contributed by atoms with E-state index in [1.807, 2.05) is 30.3 Å². The number of benzene rings is 1. The molecule has 0 aliphatic heterocycles. The van der Waals surface area contributed by atoms with Gasteiger partial charge in [0, 0.05) is 25.7 Å². The van der Waals surface area contributed by atoms with Crippen molar-refractivity contribution in [2.24, 2.45) is 0 Å². The first kappa shape index (κ1) is 17.2. The largest absolute Gasteiger partial charge is 0.459 e. The van der Waals surface area contributed by atoms with E-state index in [0.29, 0.717) is 19.5 Å². The highest BCUT2D eigenvalue weighted by Gasteiger charge is 2.16. The predicted octanol–water partition coefficient (Wildman–Crippen LogP) is 1.96. The van der Waals surface area contributed by atoms with Crippen LogP contribution in [-0.2, 0) is 10.0 Å². The molecule has 124 valence electrons. The average Bonchev–Trinajstić information content (AvgIpc) is 3.00. The quantitative estimate of drug-likeness (QED) is 0.784. The van der Waals surface area contributed by atoms with Gasteiger partial charge in [0.2, 0.25) is 10.0 Å². The Morgan fingerprint density at radius 3 is 2.57 bits per heavy atom. The first-order valence-corrected chi connectivity index (χ1v) is 9.07. The molecule has 0 saturated carbocycles. The molecular weight excluding hydrogens is 316 g/mol. The predicted molar refractivity (Wildman–Crippen MR) is 88.6 cm³/mol. The van der Waals surface area contributed by atoms with E-state index in [1.54, 1.807) is 6.07 Å². The Morgan fingerprint density at radius 2 is 1.91 bits per heavy atom. The summed E-state index contributed by atoms with van der Waals surface area (Å²) >= 11 is 0. The normalized spacial score (nSPS) is 11.6. The fraction of sp³-hybridized carbons (Fsp3) is 0.312. The molecule has 7 heteroatoms. The van der Waals surface area contributed by atoms with Crippen LogP contribution in [0.15, 0.2) is 47.1 Å². The number of nitrogens with zero attached hydrogens (tertiary/aromatic N) is 1. The molecule has 2 rings (SSSR count). The molecule has 0 atom stereocenters. The van der Waals surface area contributed by atoms with Crippen molar-refractivity contribution >= 4 is 15.9 Å². The zero-order valence-corrected chi connectivity index (χ0v) is 14.0. The van der Waals surface area contributed by atoms with E-state index in [1.165, 1.54) is 17.6 Å². The van der Waals surface area contributed by atoms with E-state index in [9.17, 15) is 13.2 Å². The molecule has 1 amide bonds. The second-order valence-electron chi connectivity index (χ2n) is 5.22. The molecule has 1 heterocycles. The molecule has 1 N–H and O–H groups in total. The summed E-state index contributed by atoms with van der Waals surface area (Å²) in [5.41, 5.74) is 1.64. The van der Waals surface area contributed by atoms with Gasteiger partial charge >= 0.3 is 0 Å². The van der Waals surface area contributed by atoms with Gasteiger partial charge in [0.25, 0.3) is 5.91 Å². The maximum Gasteiger partial charge on any atom is 0.287 e. The lowest BCUT2D eigenvalue weighted by Crippen LogP contribution is -2.30. The number of hydrogen-bond acceptors (Lipinski definition) is 4. The van der Waals surface area contributed by atoms with Crippen LogP contribution in [0.25, 0.3) is 11.1 Å². The number of sulfonamides is 1. The summed E-state index contributed by atoms with van der Waals surface area (Å²) in [6.45, 7) is 0.719. The molecule has 0 aliphatic carbocycles. The molecule has 0 fully saturated rings. The Morgan fingerprint density at radius 1 is 1.22 bits per heavy atom. The standard InChI is InChI=1S/C16H20N2O4S/c1-18(23(2,20)21)11-6-10-17-16(19)15-14(9-12-22-15)13-7-4-3-5-8-13/h3-5,7-9,12H,6,10-11H2,1-2H3,(H,17,19). The fourth-order valence-corrected chi connectivity index (χ4v) is 2.54. The lowest BCUT2D eigenvalue weighted by Gasteiger charge is -2.13. The van der Waals surface area contributed by atoms with E-state index in [4.69, 9.17) is 4.42 Å². The minimum atomic E-state index is -3.19. The molecule has 0 aliphatic rings. The Balaban J connectivity index is 1.92. The first-order valence-electron chi connectivity index (χ1n) is 7.22. The van der Waals surface area contributed by atoms with E-state index in [2.05, 4.69) is 5.32 Å². The van der Waals surface area contributed by atoms with E-state index < -0.39 is 10.0 Å². The lowest BCUT2D eigenvalue weighted by molar-refractivity contribution is 0.0926. The van der Waals surface area contributed by atoms with Crippen molar-refractivity contribution in [3.8, 4) is 11.1 Å². The van der Waals surface area contributed by atoms with Crippen molar-refractivity contribution in [1.82, 2.24) is 9.62 Å². The molecule has 0 spiro atoms. The second kappa shape index (κ2) is 7.43. The lowest BCUT2D eigenvalue weighted by atomic mass is 10.1. The van der Waals surface area contributed by atoms with Crippen molar-refractivity contribution in [3.05, 3.63) is 48.4 Å². The highest BCUT2D eigenvalue weighted by molar-refractivity contribution is 7.88. The fourth-order valence-electron chi connectivity index (χ4n) is 2.08. The van der Waals surface area contributed by atoms with E-state index >= 15 is 0 Å². The summed E-state index contributed by atoms with van der Waals surface area (Å²) in [6, 6.07) is 11.3. The third-order valence-corrected chi connectivity index (χ3v) is 4.77. The van der Waals surface area contributed by atoms with Crippen LogP contribution < -0.4 is 5.32 Å². The van der Waals surface area contributed by atoms with Gasteiger partial charge in [-0.25, -0.2) is 12.7 Å². The van der Waals surface area contributed by atoms with Gasteiger partial charge in [-0.05, 0) is 18.1 Å². The Kier molecular flexibility index (Phi) is 5.57. The van der Waals surface area contributed by atoms with Crippen LogP contribution in [-0.4, -0.2) is 45.0 Å². The van der Waals surface area contributed by atoms with Crippen molar-refractivity contribution < 1.29 is 17.6 Å². The van der Waals surface area contributed by atoms with Crippen molar-refractivity contribution in [3.63, 3.8) is 0 Å². The van der Waals surface area contributed by atoms with Crippen molar-refractivity contribution in [2.45, 2.75) is 6.42 Å². The van der Waals surface area contributed by atoms with Crippen LogP contribution in [0.5, 0.6) is 0 Å². The van der Waals surface area contributed by atoms with Crippen LogP contribution in [0.4, 0.5) is 0 Å². The molecular formula is C16H20N2O4S. The number of carbonyl (C=O) groups is 1. The maximum absolute atomic E-state index is 12.2. The number of nitrogens with one attached hydrogen (secondary N) is 1. The Labute approximate surface area is 136 Å². The highest BCUT2D eigenvalue weighted by atomic mass is 32.2. The zero-order chi connectivity index (χ0) is 16.9. The third-order valence-electron chi connectivity index (χ3n) is 3.46. The average molecular weight is 336 g/mol. The zero-order valence-electron chi connectivity index (χ0n) is 13.2. The van der Waals surface area contributed by atoms with Crippen LogP contribution in [0, 0.1) is 0 Å². The highest BCUT2D eigenvalue weighted by Crippen LogP contribution is 2.24. The van der Waals surface area contributed by atoms with Crippen LogP contribution in [0.3, 0.4) is 0 Å². The second-order valence-corrected chi connectivity index (χ2v) is 7.31. The van der Waals surface area contributed by atoms with Crippen LogP contribution in [0.2, 0.25) is 0 Å². The molecule has 0 radical (unpaired) electrons. The van der Waals surface area contributed by atoms with E-state index in [0.717, 1.165) is 17.4 Å².